The smallest absolute Gasteiger partial charge is 0.240 e. The molecule has 3 rings (SSSR count). The van der Waals surface area contributed by atoms with E-state index in [2.05, 4.69) is 9.71 Å². The van der Waals surface area contributed by atoms with Gasteiger partial charge in [-0.3, -0.25) is 0 Å². The minimum atomic E-state index is -3.49. The number of hydrogen-bond acceptors (Lipinski definition) is 3. The molecule has 0 unspecified atom stereocenters. The van der Waals surface area contributed by atoms with Crippen molar-refractivity contribution in [1.82, 2.24) is 14.3 Å². The molecule has 3 aromatic rings. The van der Waals surface area contributed by atoms with Crippen molar-refractivity contribution in [1.29, 1.82) is 0 Å². The number of nitrogens with one attached hydrogen (secondary N) is 1. The highest BCUT2D eigenvalue weighted by Crippen LogP contribution is 2.15. The van der Waals surface area contributed by atoms with Crippen LogP contribution >= 0.6 is 0 Å². The molecule has 0 radical (unpaired) electrons. The molecule has 1 heterocycles. The van der Waals surface area contributed by atoms with Crippen molar-refractivity contribution in [2.45, 2.75) is 25.3 Å². The summed E-state index contributed by atoms with van der Waals surface area (Å²) in [5, 5.41) is 0. The van der Waals surface area contributed by atoms with Crippen LogP contribution in [0.5, 0.6) is 0 Å². The van der Waals surface area contributed by atoms with Crippen molar-refractivity contribution in [3.05, 3.63) is 59.9 Å². The summed E-state index contributed by atoms with van der Waals surface area (Å²) >= 11 is 0. The van der Waals surface area contributed by atoms with E-state index in [-0.39, 0.29) is 0 Å². The maximum absolute atomic E-state index is 12.3. The molecule has 0 aliphatic rings. The molecule has 6 heteroatoms. The minimum absolute atomic E-state index is 0.296. The summed E-state index contributed by atoms with van der Waals surface area (Å²) in [5.41, 5.74) is 2.86. The summed E-state index contributed by atoms with van der Waals surface area (Å²) in [4.78, 5) is 4.78. The largest absolute Gasteiger partial charge is 0.327 e. The standard InChI is InChI=1S/C17H19N3O2S/c1-13-6-5-7-15(12-13)23(21,22)18-10-11-20-14(2)19-16-8-3-4-9-17(16)20/h3-9,12,18H,10-11H2,1-2H3. The molecule has 0 spiro atoms. The zero-order chi connectivity index (χ0) is 16.4. The van der Waals surface area contributed by atoms with E-state index in [1.54, 1.807) is 18.2 Å². The average Bonchev–Trinajstić information content (AvgIpc) is 2.83. The molecule has 120 valence electrons. The number of sulfonamides is 1. The molecular formula is C17H19N3O2S. The average molecular weight is 329 g/mol. The Bertz CT molecular complexity index is 945. The van der Waals surface area contributed by atoms with E-state index in [1.807, 2.05) is 48.7 Å². The summed E-state index contributed by atoms with van der Waals surface area (Å²) in [6.45, 7) is 4.66. The van der Waals surface area contributed by atoms with Crippen LogP contribution in [-0.2, 0) is 16.6 Å². The van der Waals surface area contributed by atoms with Gasteiger partial charge in [-0.2, -0.15) is 0 Å². The first-order valence-corrected chi connectivity index (χ1v) is 8.94. The van der Waals surface area contributed by atoms with Crippen LogP contribution < -0.4 is 4.72 Å². The van der Waals surface area contributed by atoms with Crippen LogP contribution in [0.3, 0.4) is 0 Å². The van der Waals surface area contributed by atoms with Gasteiger partial charge in [-0.25, -0.2) is 18.1 Å². The second kappa shape index (κ2) is 6.14. The fourth-order valence-corrected chi connectivity index (χ4v) is 3.76. The number of nitrogens with zero attached hydrogens (tertiary/aromatic N) is 2. The lowest BCUT2D eigenvalue weighted by Crippen LogP contribution is -2.27. The van der Waals surface area contributed by atoms with Crippen molar-refractivity contribution in [2.24, 2.45) is 0 Å². The molecule has 0 atom stereocenters. The van der Waals surface area contributed by atoms with Crippen LogP contribution in [0, 0.1) is 13.8 Å². The van der Waals surface area contributed by atoms with E-state index in [0.29, 0.717) is 18.0 Å². The van der Waals surface area contributed by atoms with Crippen molar-refractivity contribution >= 4 is 21.1 Å². The summed E-state index contributed by atoms with van der Waals surface area (Å²) in [6.07, 6.45) is 0. The topological polar surface area (TPSA) is 64.0 Å². The fourth-order valence-electron chi connectivity index (χ4n) is 2.64. The molecule has 0 saturated carbocycles. The molecule has 1 N–H and O–H groups in total. The van der Waals surface area contributed by atoms with Gasteiger partial charge in [0.15, 0.2) is 0 Å². The monoisotopic (exact) mass is 329 g/mol. The third-order valence-corrected chi connectivity index (χ3v) is 5.23. The maximum Gasteiger partial charge on any atom is 0.240 e. The second-order valence-corrected chi connectivity index (χ2v) is 7.28. The van der Waals surface area contributed by atoms with E-state index >= 15 is 0 Å². The molecule has 23 heavy (non-hydrogen) atoms. The van der Waals surface area contributed by atoms with Gasteiger partial charge >= 0.3 is 0 Å². The molecule has 1 aromatic heterocycles. The second-order valence-electron chi connectivity index (χ2n) is 5.51. The van der Waals surface area contributed by atoms with Crippen LogP contribution in [0.2, 0.25) is 0 Å². The predicted molar refractivity (Wildman–Crippen MR) is 90.8 cm³/mol. The fraction of sp³-hybridized carbons (Fsp3) is 0.235. The number of aryl methyl sites for hydroxylation is 2. The highest BCUT2D eigenvalue weighted by Gasteiger charge is 2.14. The molecule has 0 aliphatic heterocycles. The number of hydrogen-bond donors (Lipinski definition) is 1. The van der Waals surface area contributed by atoms with Gasteiger partial charge in [0.2, 0.25) is 10.0 Å². The zero-order valence-electron chi connectivity index (χ0n) is 13.2. The van der Waals surface area contributed by atoms with Gasteiger partial charge in [0.25, 0.3) is 0 Å². The zero-order valence-corrected chi connectivity index (χ0v) is 14.0. The Kier molecular flexibility index (Phi) is 4.19. The Morgan fingerprint density at radius 2 is 1.87 bits per heavy atom. The van der Waals surface area contributed by atoms with Crippen LogP contribution in [0.1, 0.15) is 11.4 Å². The van der Waals surface area contributed by atoms with Gasteiger partial charge in [0.1, 0.15) is 5.82 Å². The highest BCUT2D eigenvalue weighted by atomic mass is 32.2. The molecule has 0 amide bonds. The van der Waals surface area contributed by atoms with Crippen LogP contribution in [0.4, 0.5) is 0 Å². The van der Waals surface area contributed by atoms with Crippen molar-refractivity contribution < 1.29 is 8.42 Å². The number of aromatic nitrogens is 2. The van der Waals surface area contributed by atoms with E-state index in [1.165, 1.54) is 0 Å². The minimum Gasteiger partial charge on any atom is -0.327 e. The Hall–Kier alpha value is -2.18. The first kappa shape index (κ1) is 15.7. The number of benzene rings is 2. The van der Waals surface area contributed by atoms with E-state index < -0.39 is 10.0 Å². The number of para-hydroxylation sites is 2. The molecule has 0 fully saturated rings. The first-order chi connectivity index (χ1) is 11.0. The third-order valence-electron chi connectivity index (χ3n) is 3.77. The summed E-state index contributed by atoms with van der Waals surface area (Å²) < 4.78 is 29.3. The quantitative estimate of drug-likeness (QED) is 0.782. The van der Waals surface area contributed by atoms with Gasteiger partial charge in [-0.05, 0) is 43.7 Å². The van der Waals surface area contributed by atoms with Crippen LogP contribution in [0.25, 0.3) is 11.0 Å². The van der Waals surface area contributed by atoms with E-state index in [4.69, 9.17) is 0 Å². The maximum atomic E-state index is 12.3. The van der Waals surface area contributed by atoms with Crippen molar-refractivity contribution in [3.63, 3.8) is 0 Å². The van der Waals surface area contributed by atoms with Gasteiger partial charge in [0.05, 0.1) is 15.9 Å². The number of rotatable bonds is 5. The first-order valence-electron chi connectivity index (χ1n) is 7.45. The van der Waals surface area contributed by atoms with Crippen molar-refractivity contribution in [2.75, 3.05) is 6.54 Å². The van der Waals surface area contributed by atoms with Gasteiger partial charge < -0.3 is 4.57 Å². The Balaban J connectivity index is 1.75. The lowest BCUT2D eigenvalue weighted by molar-refractivity contribution is 0.572. The molecule has 5 nitrogen and oxygen atoms in total. The Morgan fingerprint density at radius 1 is 1.09 bits per heavy atom. The van der Waals surface area contributed by atoms with Gasteiger partial charge in [0, 0.05) is 13.1 Å². The SMILES string of the molecule is Cc1cccc(S(=O)(=O)NCCn2c(C)nc3ccccc32)c1. The van der Waals surface area contributed by atoms with Crippen LogP contribution in [-0.4, -0.2) is 24.5 Å². The Labute approximate surface area is 136 Å². The molecule has 0 bridgehead atoms. The number of fused-ring (bicyclic) bond motifs is 1. The number of imidazole rings is 1. The third kappa shape index (κ3) is 3.28. The summed E-state index contributed by atoms with van der Waals surface area (Å²) in [5.74, 6) is 0.876. The summed E-state index contributed by atoms with van der Waals surface area (Å²) in [7, 11) is -3.49. The van der Waals surface area contributed by atoms with Gasteiger partial charge in [-0.1, -0.05) is 24.3 Å². The molecular weight excluding hydrogens is 310 g/mol. The van der Waals surface area contributed by atoms with Gasteiger partial charge in [-0.15, -0.1) is 0 Å². The highest BCUT2D eigenvalue weighted by molar-refractivity contribution is 7.89. The Morgan fingerprint density at radius 3 is 2.65 bits per heavy atom. The molecule has 2 aromatic carbocycles. The molecule has 0 saturated heterocycles. The molecule has 0 aliphatic carbocycles. The van der Waals surface area contributed by atoms with Crippen LogP contribution in [0.15, 0.2) is 53.4 Å². The lowest BCUT2D eigenvalue weighted by atomic mass is 10.2. The predicted octanol–water partition coefficient (Wildman–Crippen LogP) is 2.63. The van der Waals surface area contributed by atoms with Crippen molar-refractivity contribution in [3.8, 4) is 0 Å². The summed E-state index contributed by atoms with van der Waals surface area (Å²) in [6, 6.07) is 14.7. The van der Waals surface area contributed by atoms with E-state index in [9.17, 15) is 8.42 Å². The lowest BCUT2D eigenvalue weighted by Gasteiger charge is -2.10. The van der Waals surface area contributed by atoms with E-state index in [0.717, 1.165) is 22.4 Å². The normalized spacial score (nSPS) is 11.9.